The summed E-state index contributed by atoms with van der Waals surface area (Å²) in [5.74, 6) is 1.94. The van der Waals surface area contributed by atoms with Crippen LogP contribution in [0, 0.1) is 17.3 Å². The first-order valence-corrected chi connectivity index (χ1v) is 8.81. The molecule has 0 spiro atoms. The van der Waals surface area contributed by atoms with E-state index >= 15 is 0 Å². The van der Waals surface area contributed by atoms with Crippen LogP contribution < -0.4 is 0 Å². The first kappa shape index (κ1) is 17.0. The maximum atomic E-state index is 2.61. The number of hydrogen-bond acceptors (Lipinski definition) is 1. The highest BCUT2D eigenvalue weighted by Crippen LogP contribution is 2.42. The summed E-state index contributed by atoms with van der Waals surface area (Å²) >= 11 is 0. The lowest BCUT2D eigenvalue weighted by atomic mass is 9.67. The predicted molar refractivity (Wildman–Crippen MR) is 86.5 cm³/mol. The molecule has 114 valence electrons. The summed E-state index contributed by atoms with van der Waals surface area (Å²) in [6.45, 7) is 15.9. The third kappa shape index (κ3) is 4.77. The predicted octanol–water partition coefficient (Wildman–Crippen LogP) is 5.35. The fourth-order valence-corrected chi connectivity index (χ4v) is 4.13. The molecular formula is C18H37N. The van der Waals surface area contributed by atoms with Crippen LogP contribution in [0.1, 0.15) is 79.6 Å². The van der Waals surface area contributed by atoms with E-state index in [0.717, 1.165) is 11.8 Å². The third-order valence-corrected chi connectivity index (χ3v) is 5.88. The normalized spacial score (nSPS) is 23.2. The maximum absolute atomic E-state index is 2.61. The third-order valence-electron chi connectivity index (χ3n) is 5.88. The molecule has 2 atom stereocenters. The van der Waals surface area contributed by atoms with Gasteiger partial charge in [0.15, 0.2) is 0 Å². The Balaban J connectivity index is 2.52. The van der Waals surface area contributed by atoms with Crippen molar-refractivity contribution in [2.75, 3.05) is 19.6 Å². The summed E-state index contributed by atoms with van der Waals surface area (Å²) in [4.78, 5) is 2.61. The van der Waals surface area contributed by atoms with Gasteiger partial charge in [-0.1, -0.05) is 53.9 Å². The smallest absolute Gasteiger partial charge is 0.00162 e. The molecule has 1 rings (SSSR count). The van der Waals surface area contributed by atoms with Gasteiger partial charge in [0.2, 0.25) is 0 Å². The SMILES string of the molecule is CCCC(C)(CC)C(CC)CC1CCN(CC)CC1. The molecular weight excluding hydrogens is 230 g/mol. The Morgan fingerprint density at radius 3 is 2.16 bits per heavy atom. The van der Waals surface area contributed by atoms with Gasteiger partial charge >= 0.3 is 0 Å². The average molecular weight is 268 g/mol. The summed E-state index contributed by atoms with van der Waals surface area (Å²) in [6, 6.07) is 0. The molecule has 0 aliphatic carbocycles. The van der Waals surface area contributed by atoms with E-state index in [1.54, 1.807) is 0 Å². The Hall–Kier alpha value is -0.0400. The highest BCUT2D eigenvalue weighted by molar-refractivity contribution is 4.84. The molecule has 1 aliphatic rings. The van der Waals surface area contributed by atoms with Gasteiger partial charge in [0.05, 0.1) is 0 Å². The Morgan fingerprint density at radius 2 is 1.74 bits per heavy atom. The van der Waals surface area contributed by atoms with Crippen LogP contribution in [0.5, 0.6) is 0 Å². The van der Waals surface area contributed by atoms with E-state index in [-0.39, 0.29) is 0 Å². The molecule has 0 amide bonds. The molecule has 0 aromatic carbocycles. The molecule has 0 bridgehead atoms. The van der Waals surface area contributed by atoms with Crippen molar-refractivity contribution in [3.05, 3.63) is 0 Å². The molecule has 19 heavy (non-hydrogen) atoms. The van der Waals surface area contributed by atoms with Crippen molar-refractivity contribution in [2.45, 2.75) is 79.6 Å². The van der Waals surface area contributed by atoms with Crippen LogP contribution in [-0.4, -0.2) is 24.5 Å². The van der Waals surface area contributed by atoms with Crippen molar-refractivity contribution in [3.63, 3.8) is 0 Å². The zero-order valence-corrected chi connectivity index (χ0v) is 14.2. The van der Waals surface area contributed by atoms with Gasteiger partial charge < -0.3 is 4.90 Å². The minimum absolute atomic E-state index is 0.589. The van der Waals surface area contributed by atoms with Gasteiger partial charge in [0, 0.05) is 0 Å². The summed E-state index contributed by atoms with van der Waals surface area (Å²) in [5, 5.41) is 0. The second kappa shape index (κ2) is 8.29. The average Bonchev–Trinajstić information content (AvgIpc) is 2.45. The molecule has 0 saturated carbocycles. The molecule has 1 heteroatoms. The number of piperidine rings is 1. The van der Waals surface area contributed by atoms with Crippen molar-refractivity contribution < 1.29 is 0 Å². The molecule has 1 heterocycles. The van der Waals surface area contributed by atoms with Crippen LogP contribution >= 0.6 is 0 Å². The molecule has 0 aromatic heterocycles. The van der Waals surface area contributed by atoms with E-state index in [4.69, 9.17) is 0 Å². The highest BCUT2D eigenvalue weighted by Gasteiger charge is 2.32. The van der Waals surface area contributed by atoms with E-state index in [9.17, 15) is 0 Å². The van der Waals surface area contributed by atoms with Crippen LogP contribution in [0.3, 0.4) is 0 Å². The van der Waals surface area contributed by atoms with E-state index in [2.05, 4.69) is 39.5 Å². The number of rotatable bonds is 8. The molecule has 1 fully saturated rings. The van der Waals surface area contributed by atoms with Crippen LogP contribution in [0.4, 0.5) is 0 Å². The van der Waals surface area contributed by atoms with Gasteiger partial charge in [-0.25, -0.2) is 0 Å². The van der Waals surface area contributed by atoms with Crippen LogP contribution in [0.25, 0.3) is 0 Å². The van der Waals surface area contributed by atoms with Gasteiger partial charge in [-0.15, -0.1) is 0 Å². The monoisotopic (exact) mass is 267 g/mol. The summed E-state index contributed by atoms with van der Waals surface area (Å²) in [7, 11) is 0. The van der Waals surface area contributed by atoms with Crippen LogP contribution in [-0.2, 0) is 0 Å². The molecule has 1 aliphatic heterocycles. The molecule has 1 nitrogen and oxygen atoms in total. The lowest BCUT2D eigenvalue weighted by Gasteiger charge is -2.40. The quantitative estimate of drug-likeness (QED) is 0.573. The van der Waals surface area contributed by atoms with Crippen molar-refractivity contribution in [3.8, 4) is 0 Å². The van der Waals surface area contributed by atoms with Crippen LogP contribution in [0.2, 0.25) is 0 Å². The molecule has 0 aromatic rings. The molecule has 0 N–H and O–H groups in total. The molecule has 2 unspecified atom stereocenters. The standard InChI is InChI=1S/C18H37N/c1-6-12-18(5,8-3)17(7-2)15-16-10-13-19(9-4)14-11-16/h16-17H,6-15H2,1-5H3. The Morgan fingerprint density at radius 1 is 1.11 bits per heavy atom. The molecule has 0 radical (unpaired) electrons. The largest absolute Gasteiger partial charge is 0.304 e. The van der Waals surface area contributed by atoms with Gasteiger partial charge in [-0.05, 0) is 62.6 Å². The fraction of sp³-hybridized carbons (Fsp3) is 1.00. The van der Waals surface area contributed by atoms with Gasteiger partial charge in [0.25, 0.3) is 0 Å². The molecule has 1 saturated heterocycles. The van der Waals surface area contributed by atoms with E-state index in [0.29, 0.717) is 5.41 Å². The second-order valence-electron chi connectivity index (χ2n) is 6.98. The van der Waals surface area contributed by atoms with Crippen LogP contribution in [0.15, 0.2) is 0 Å². The van der Waals surface area contributed by atoms with Crippen molar-refractivity contribution in [1.29, 1.82) is 0 Å². The second-order valence-corrected chi connectivity index (χ2v) is 6.98. The Labute approximate surface area is 122 Å². The minimum Gasteiger partial charge on any atom is -0.304 e. The zero-order valence-electron chi connectivity index (χ0n) is 14.2. The van der Waals surface area contributed by atoms with E-state index in [1.165, 1.54) is 64.6 Å². The van der Waals surface area contributed by atoms with Gasteiger partial charge in [0.1, 0.15) is 0 Å². The zero-order chi connectivity index (χ0) is 14.3. The number of likely N-dealkylation sites (tertiary alicyclic amines) is 1. The van der Waals surface area contributed by atoms with Crippen molar-refractivity contribution >= 4 is 0 Å². The lowest BCUT2D eigenvalue weighted by molar-refractivity contribution is 0.0994. The van der Waals surface area contributed by atoms with Gasteiger partial charge in [-0.3, -0.25) is 0 Å². The summed E-state index contributed by atoms with van der Waals surface area (Å²) < 4.78 is 0. The summed E-state index contributed by atoms with van der Waals surface area (Å²) in [5.41, 5.74) is 0.589. The lowest BCUT2D eigenvalue weighted by Crippen LogP contribution is -2.36. The minimum atomic E-state index is 0.589. The highest BCUT2D eigenvalue weighted by atomic mass is 15.1. The van der Waals surface area contributed by atoms with E-state index < -0.39 is 0 Å². The number of nitrogens with zero attached hydrogens (tertiary/aromatic N) is 1. The van der Waals surface area contributed by atoms with Gasteiger partial charge in [-0.2, -0.15) is 0 Å². The topological polar surface area (TPSA) is 3.24 Å². The Kier molecular flexibility index (Phi) is 7.42. The maximum Gasteiger partial charge on any atom is -0.00162 e. The van der Waals surface area contributed by atoms with Crippen molar-refractivity contribution in [1.82, 2.24) is 4.90 Å². The van der Waals surface area contributed by atoms with E-state index in [1.807, 2.05) is 0 Å². The fourth-order valence-electron chi connectivity index (χ4n) is 4.13. The number of hydrogen-bond donors (Lipinski definition) is 0. The Bertz CT molecular complexity index is 230. The first-order chi connectivity index (χ1) is 9.09. The van der Waals surface area contributed by atoms with Crippen molar-refractivity contribution in [2.24, 2.45) is 17.3 Å². The first-order valence-electron chi connectivity index (χ1n) is 8.81. The summed E-state index contributed by atoms with van der Waals surface area (Å²) in [6.07, 6.45) is 9.85.